The molecule has 1 heterocycles. The van der Waals surface area contributed by atoms with Crippen LogP contribution in [0.1, 0.15) is 17.8 Å². The van der Waals surface area contributed by atoms with Crippen LogP contribution in [0.15, 0.2) is 24.3 Å². The van der Waals surface area contributed by atoms with Crippen LogP contribution in [0.5, 0.6) is 11.5 Å². The SMILES string of the molecule is COc1cc(NC(=O)Cn2nc(C(F)F)cc2C)ccc1OC(F)F. The van der Waals surface area contributed by atoms with E-state index in [4.69, 9.17) is 4.74 Å². The number of aryl methyl sites for hydroxylation is 1. The van der Waals surface area contributed by atoms with Crippen molar-refractivity contribution < 1.29 is 31.8 Å². The van der Waals surface area contributed by atoms with Crippen LogP contribution in [0.25, 0.3) is 0 Å². The van der Waals surface area contributed by atoms with Gasteiger partial charge in [-0.2, -0.15) is 13.9 Å². The van der Waals surface area contributed by atoms with E-state index in [1.807, 2.05) is 0 Å². The zero-order valence-electron chi connectivity index (χ0n) is 13.3. The molecular weight excluding hydrogens is 346 g/mol. The number of aromatic nitrogens is 2. The second-order valence-electron chi connectivity index (χ2n) is 4.96. The Kier molecular flexibility index (Phi) is 5.84. The summed E-state index contributed by atoms with van der Waals surface area (Å²) in [5.74, 6) is -0.704. The van der Waals surface area contributed by atoms with E-state index in [1.165, 1.54) is 31.4 Å². The number of benzene rings is 1. The van der Waals surface area contributed by atoms with Crippen molar-refractivity contribution in [1.82, 2.24) is 9.78 Å². The van der Waals surface area contributed by atoms with E-state index in [9.17, 15) is 22.4 Å². The zero-order chi connectivity index (χ0) is 18.6. The van der Waals surface area contributed by atoms with Gasteiger partial charge in [0.1, 0.15) is 12.2 Å². The minimum Gasteiger partial charge on any atom is -0.493 e. The molecule has 1 N–H and O–H groups in total. The normalized spacial score (nSPS) is 11.0. The third-order valence-corrected chi connectivity index (χ3v) is 3.18. The minimum absolute atomic E-state index is 0.00774. The molecule has 0 aliphatic heterocycles. The lowest BCUT2D eigenvalue weighted by Gasteiger charge is -2.12. The molecule has 1 amide bonds. The highest BCUT2D eigenvalue weighted by Crippen LogP contribution is 2.31. The molecule has 10 heteroatoms. The number of alkyl halides is 4. The predicted molar refractivity (Wildman–Crippen MR) is 80.2 cm³/mol. The van der Waals surface area contributed by atoms with E-state index in [0.29, 0.717) is 5.69 Å². The molecule has 1 aromatic carbocycles. The Hall–Kier alpha value is -2.78. The summed E-state index contributed by atoms with van der Waals surface area (Å²) in [6, 6.07) is 5.06. The lowest BCUT2D eigenvalue weighted by atomic mass is 10.2. The lowest BCUT2D eigenvalue weighted by molar-refractivity contribution is -0.117. The molecule has 136 valence electrons. The minimum atomic E-state index is -3.01. The van der Waals surface area contributed by atoms with Gasteiger partial charge < -0.3 is 14.8 Å². The monoisotopic (exact) mass is 361 g/mol. The first-order chi connectivity index (χ1) is 11.8. The summed E-state index contributed by atoms with van der Waals surface area (Å²) in [6.45, 7) is -1.75. The molecule has 0 fully saturated rings. The van der Waals surface area contributed by atoms with Crippen molar-refractivity contribution in [2.24, 2.45) is 0 Å². The van der Waals surface area contributed by atoms with Gasteiger partial charge in [-0.3, -0.25) is 9.48 Å². The van der Waals surface area contributed by atoms with Gasteiger partial charge in [-0.1, -0.05) is 0 Å². The largest absolute Gasteiger partial charge is 0.493 e. The van der Waals surface area contributed by atoms with E-state index in [2.05, 4.69) is 15.2 Å². The quantitative estimate of drug-likeness (QED) is 0.768. The summed E-state index contributed by atoms with van der Waals surface area (Å²) in [7, 11) is 1.26. The predicted octanol–water partition coefficient (Wildman–Crippen LogP) is 3.38. The molecule has 0 aliphatic rings. The van der Waals surface area contributed by atoms with Crippen molar-refractivity contribution in [3.8, 4) is 11.5 Å². The van der Waals surface area contributed by atoms with E-state index in [1.54, 1.807) is 6.92 Å². The Morgan fingerprint density at radius 3 is 2.52 bits per heavy atom. The summed E-state index contributed by atoms with van der Waals surface area (Å²) in [5.41, 5.74) is 0.256. The number of halogens is 4. The number of rotatable bonds is 7. The molecule has 0 unspecified atom stereocenters. The van der Waals surface area contributed by atoms with Crippen molar-refractivity contribution in [2.45, 2.75) is 26.5 Å². The van der Waals surface area contributed by atoms with E-state index in [-0.39, 0.29) is 23.7 Å². The Bertz CT molecular complexity index is 750. The number of methoxy groups -OCH3 is 1. The highest BCUT2D eigenvalue weighted by atomic mass is 19.3. The van der Waals surface area contributed by atoms with Gasteiger partial charge in [0.25, 0.3) is 6.43 Å². The van der Waals surface area contributed by atoms with Crippen molar-refractivity contribution in [2.75, 3.05) is 12.4 Å². The fraction of sp³-hybridized carbons (Fsp3) is 0.333. The van der Waals surface area contributed by atoms with Crippen LogP contribution in [-0.4, -0.2) is 29.4 Å². The molecule has 0 spiro atoms. The van der Waals surface area contributed by atoms with Crippen molar-refractivity contribution in [1.29, 1.82) is 0 Å². The van der Waals surface area contributed by atoms with E-state index in [0.717, 1.165) is 4.68 Å². The number of anilines is 1. The number of carbonyl (C=O) groups excluding carboxylic acids is 1. The van der Waals surface area contributed by atoms with Gasteiger partial charge in [-0.15, -0.1) is 0 Å². The van der Waals surface area contributed by atoms with Gasteiger partial charge in [-0.05, 0) is 25.1 Å². The highest BCUT2D eigenvalue weighted by Gasteiger charge is 2.16. The van der Waals surface area contributed by atoms with Crippen molar-refractivity contribution >= 4 is 11.6 Å². The molecule has 0 bridgehead atoms. The molecule has 6 nitrogen and oxygen atoms in total. The molecule has 2 rings (SSSR count). The Morgan fingerprint density at radius 1 is 1.24 bits per heavy atom. The Labute approximate surface area is 140 Å². The summed E-state index contributed by atoms with van der Waals surface area (Å²) >= 11 is 0. The van der Waals surface area contributed by atoms with Gasteiger partial charge in [0.15, 0.2) is 11.5 Å². The molecule has 0 atom stereocenters. The second kappa shape index (κ2) is 7.86. The molecule has 1 aromatic heterocycles. The van der Waals surface area contributed by atoms with E-state index < -0.39 is 24.6 Å². The van der Waals surface area contributed by atoms with Crippen LogP contribution in [0.3, 0.4) is 0 Å². The summed E-state index contributed by atoms with van der Waals surface area (Å²) < 4.78 is 60.1. The standard InChI is InChI=1S/C15H15F4N3O3/c1-8-5-10(14(16)17)21-22(8)7-13(23)20-9-3-4-11(25-15(18)19)12(6-9)24-2/h3-6,14-15H,7H2,1-2H3,(H,20,23). The molecule has 0 radical (unpaired) electrons. The first-order valence-corrected chi connectivity index (χ1v) is 7.05. The lowest BCUT2D eigenvalue weighted by Crippen LogP contribution is -2.20. The summed E-state index contributed by atoms with van der Waals surface area (Å²) in [5, 5.41) is 6.15. The number of ether oxygens (including phenoxy) is 2. The molecule has 0 saturated heterocycles. The number of hydrogen-bond acceptors (Lipinski definition) is 4. The topological polar surface area (TPSA) is 65.4 Å². The van der Waals surface area contributed by atoms with Gasteiger partial charge in [-0.25, -0.2) is 8.78 Å². The average molecular weight is 361 g/mol. The number of carbonyl (C=O) groups is 1. The molecule has 0 aliphatic carbocycles. The van der Waals surface area contributed by atoms with Crippen LogP contribution in [0.4, 0.5) is 23.2 Å². The maximum absolute atomic E-state index is 12.6. The summed E-state index contributed by atoms with van der Waals surface area (Å²) in [4.78, 5) is 12.0. The number of amides is 1. The van der Waals surface area contributed by atoms with Gasteiger partial charge in [0.05, 0.1) is 7.11 Å². The maximum Gasteiger partial charge on any atom is 0.387 e. The van der Waals surface area contributed by atoms with Crippen molar-refractivity contribution in [3.63, 3.8) is 0 Å². The van der Waals surface area contributed by atoms with Crippen LogP contribution in [0.2, 0.25) is 0 Å². The molecule has 25 heavy (non-hydrogen) atoms. The molecule has 0 saturated carbocycles. The van der Waals surface area contributed by atoms with Crippen LogP contribution < -0.4 is 14.8 Å². The Morgan fingerprint density at radius 2 is 1.96 bits per heavy atom. The average Bonchev–Trinajstić information content (AvgIpc) is 2.89. The number of nitrogens with one attached hydrogen (secondary N) is 1. The second-order valence-corrected chi connectivity index (χ2v) is 4.96. The Balaban J connectivity index is 2.07. The van der Waals surface area contributed by atoms with Gasteiger partial charge in [0.2, 0.25) is 5.91 Å². The zero-order valence-corrected chi connectivity index (χ0v) is 13.3. The molecular formula is C15H15F4N3O3. The third-order valence-electron chi connectivity index (χ3n) is 3.18. The van der Waals surface area contributed by atoms with Crippen LogP contribution in [0, 0.1) is 6.92 Å². The smallest absolute Gasteiger partial charge is 0.387 e. The van der Waals surface area contributed by atoms with Gasteiger partial charge >= 0.3 is 6.61 Å². The van der Waals surface area contributed by atoms with Crippen molar-refractivity contribution in [3.05, 3.63) is 35.7 Å². The van der Waals surface area contributed by atoms with Crippen LogP contribution >= 0.6 is 0 Å². The van der Waals surface area contributed by atoms with Crippen LogP contribution in [-0.2, 0) is 11.3 Å². The van der Waals surface area contributed by atoms with Gasteiger partial charge in [0, 0.05) is 17.4 Å². The summed E-state index contributed by atoms with van der Waals surface area (Å²) in [6.07, 6.45) is -2.73. The third kappa shape index (κ3) is 4.85. The first-order valence-electron chi connectivity index (χ1n) is 7.05. The number of nitrogens with zero attached hydrogens (tertiary/aromatic N) is 2. The highest BCUT2D eigenvalue weighted by molar-refractivity contribution is 5.90. The fourth-order valence-electron chi connectivity index (χ4n) is 2.08. The maximum atomic E-state index is 12.6. The number of hydrogen-bond donors (Lipinski definition) is 1. The first kappa shape index (κ1) is 18.6. The van der Waals surface area contributed by atoms with E-state index >= 15 is 0 Å². The molecule has 2 aromatic rings. The fourth-order valence-corrected chi connectivity index (χ4v) is 2.08.